The van der Waals surface area contributed by atoms with Crippen LogP contribution in [0.1, 0.15) is 17.2 Å². The van der Waals surface area contributed by atoms with Crippen molar-refractivity contribution in [3.63, 3.8) is 0 Å². The molecule has 0 saturated carbocycles. The second-order valence-electron chi connectivity index (χ2n) is 7.57. The van der Waals surface area contributed by atoms with Crippen LogP contribution in [0.25, 0.3) is 0 Å². The third-order valence-corrected chi connectivity index (χ3v) is 5.64. The van der Waals surface area contributed by atoms with E-state index in [4.69, 9.17) is 4.84 Å². The minimum atomic E-state index is -0.956. The van der Waals surface area contributed by atoms with E-state index in [-0.39, 0.29) is 11.7 Å². The van der Waals surface area contributed by atoms with E-state index in [9.17, 15) is 14.7 Å². The number of rotatable bonds is 3. The number of anilines is 2. The standard InChI is InChI=1S/C24H20N2O4/c1-15-8-7-11-17(14-15)25-23(28)20-21(18-12-5-6-13-19(18)27)26(30-22(20)24(25)29)16-9-3-2-4-10-16/h2-14,20-22,27H,1H3/t20-,21+,22-/m1/s1. The molecule has 1 N–H and O–H groups in total. The summed E-state index contributed by atoms with van der Waals surface area (Å²) in [6.45, 7) is 1.91. The quantitative estimate of drug-likeness (QED) is 0.678. The summed E-state index contributed by atoms with van der Waals surface area (Å²) in [5.74, 6) is -1.44. The van der Waals surface area contributed by atoms with Crippen LogP contribution in [0.2, 0.25) is 0 Å². The molecular formula is C24H20N2O4. The van der Waals surface area contributed by atoms with Gasteiger partial charge in [-0.15, -0.1) is 0 Å². The normalized spacial score (nSPS) is 23.2. The van der Waals surface area contributed by atoms with Gasteiger partial charge in [0.05, 0.1) is 17.4 Å². The largest absolute Gasteiger partial charge is 0.508 e. The van der Waals surface area contributed by atoms with Crippen LogP contribution in [0, 0.1) is 12.8 Å². The number of phenols is 1. The predicted octanol–water partition coefficient (Wildman–Crippen LogP) is 3.75. The Morgan fingerprint density at radius 3 is 2.27 bits per heavy atom. The highest BCUT2D eigenvalue weighted by Gasteiger charge is 2.60. The van der Waals surface area contributed by atoms with E-state index in [2.05, 4.69) is 0 Å². The first-order valence-corrected chi connectivity index (χ1v) is 9.79. The number of nitrogens with zero attached hydrogens (tertiary/aromatic N) is 2. The van der Waals surface area contributed by atoms with E-state index < -0.39 is 24.0 Å². The molecule has 0 radical (unpaired) electrons. The Bertz CT molecular complexity index is 1130. The van der Waals surface area contributed by atoms with Gasteiger partial charge in [0.15, 0.2) is 6.10 Å². The Balaban J connectivity index is 1.61. The molecule has 5 rings (SSSR count). The van der Waals surface area contributed by atoms with Crippen LogP contribution in [-0.2, 0) is 14.4 Å². The van der Waals surface area contributed by atoms with Crippen LogP contribution < -0.4 is 9.96 Å². The van der Waals surface area contributed by atoms with E-state index in [1.165, 1.54) is 4.90 Å². The smallest absolute Gasteiger partial charge is 0.266 e. The molecule has 0 aliphatic carbocycles. The van der Waals surface area contributed by atoms with Crippen molar-refractivity contribution in [2.75, 3.05) is 9.96 Å². The molecule has 0 unspecified atom stereocenters. The molecule has 150 valence electrons. The molecule has 2 aliphatic heterocycles. The summed E-state index contributed by atoms with van der Waals surface area (Å²) in [6.07, 6.45) is -0.956. The number of amides is 2. The molecule has 6 nitrogen and oxygen atoms in total. The predicted molar refractivity (Wildman–Crippen MR) is 112 cm³/mol. The second-order valence-corrected chi connectivity index (χ2v) is 7.57. The van der Waals surface area contributed by atoms with Gasteiger partial charge in [-0.1, -0.05) is 48.5 Å². The van der Waals surface area contributed by atoms with Gasteiger partial charge in [0.2, 0.25) is 5.91 Å². The minimum absolute atomic E-state index is 0.0573. The number of hydroxylamine groups is 1. The molecule has 2 amide bonds. The van der Waals surface area contributed by atoms with E-state index in [1.54, 1.807) is 41.5 Å². The van der Waals surface area contributed by atoms with Crippen molar-refractivity contribution >= 4 is 23.2 Å². The first-order valence-electron chi connectivity index (χ1n) is 9.79. The average Bonchev–Trinajstić information content (AvgIpc) is 3.25. The number of carbonyl (C=O) groups excluding carboxylic acids is 2. The second kappa shape index (κ2) is 7.00. The zero-order valence-corrected chi connectivity index (χ0v) is 16.3. The Hall–Kier alpha value is -3.64. The molecule has 2 fully saturated rings. The van der Waals surface area contributed by atoms with Gasteiger partial charge in [-0.05, 0) is 42.8 Å². The van der Waals surface area contributed by atoms with Crippen molar-refractivity contribution < 1.29 is 19.5 Å². The van der Waals surface area contributed by atoms with E-state index in [0.29, 0.717) is 16.9 Å². The first kappa shape index (κ1) is 18.4. The van der Waals surface area contributed by atoms with Gasteiger partial charge >= 0.3 is 0 Å². The molecule has 2 aliphatic rings. The van der Waals surface area contributed by atoms with Crippen LogP contribution >= 0.6 is 0 Å². The monoisotopic (exact) mass is 400 g/mol. The van der Waals surface area contributed by atoms with Gasteiger partial charge in [-0.3, -0.25) is 14.4 Å². The van der Waals surface area contributed by atoms with Crippen molar-refractivity contribution in [2.45, 2.75) is 19.1 Å². The summed E-state index contributed by atoms with van der Waals surface area (Å²) < 4.78 is 0. The number of phenolic OH excluding ortho intramolecular Hbond substituents is 1. The van der Waals surface area contributed by atoms with Crippen LogP contribution in [0.3, 0.4) is 0 Å². The Morgan fingerprint density at radius 1 is 0.833 bits per heavy atom. The molecule has 2 heterocycles. The summed E-state index contributed by atoms with van der Waals surface area (Å²) in [5, 5.41) is 12.1. The van der Waals surface area contributed by atoms with Crippen LogP contribution in [-0.4, -0.2) is 23.0 Å². The lowest BCUT2D eigenvalue weighted by atomic mass is 9.90. The van der Waals surface area contributed by atoms with Gasteiger partial charge in [0, 0.05) is 5.56 Å². The zero-order valence-electron chi connectivity index (χ0n) is 16.3. The van der Waals surface area contributed by atoms with Crippen LogP contribution in [0.5, 0.6) is 5.75 Å². The topological polar surface area (TPSA) is 70.1 Å². The van der Waals surface area contributed by atoms with Gasteiger partial charge in [-0.2, -0.15) is 0 Å². The fourth-order valence-corrected chi connectivity index (χ4v) is 4.29. The SMILES string of the molecule is Cc1cccc(N2C(=O)[C@H]3[C@@H](ON(c4ccccc4)[C@H]3c3ccccc3O)C2=O)c1. The van der Waals surface area contributed by atoms with Crippen LogP contribution in [0.15, 0.2) is 78.9 Å². The average molecular weight is 400 g/mol. The van der Waals surface area contributed by atoms with E-state index in [0.717, 1.165) is 5.56 Å². The molecule has 3 atom stereocenters. The Kier molecular flexibility index (Phi) is 4.29. The molecule has 2 saturated heterocycles. The number of hydrogen-bond donors (Lipinski definition) is 1. The highest BCUT2D eigenvalue weighted by Crippen LogP contribution is 2.49. The van der Waals surface area contributed by atoms with E-state index in [1.807, 2.05) is 49.4 Å². The number of aromatic hydroxyl groups is 1. The molecular weight excluding hydrogens is 380 g/mol. The van der Waals surface area contributed by atoms with Gasteiger partial charge in [-0.25, -0.2) is 9.96 Å². The number of imide groups is 1. The summed E-state index contributed by atoms with van der Waals surface area (Å²) >= 11 is 0. The van der Waals surface area contributed by atoms with E-state index >= 15 is 0 Å². The Morgan fingerprint density at radius 2 is 1.53 bits per heavy atom. The summed E-state index contributed by atoms with van der Waals surface area (Å²) in [4.78, 5) is 34.0. The van der Waals surface area contributed by atoms with Crippen molar-refractivity contribution in [3.05, 3.63) is 90.0 Å². The van der Waals surface area contributed by atoms with Crippen LogP contribution in [0.4, 0.5) is 11.4 Å². The third kappa shape index (κ3) is 2.76. The van der Waals surface area contributed by atoms with Gasteiger partial charge < -0.3 is 5.11 Å². The minimum Gasteiger partial charge on any atom is -0.508 e. The summed E-state index contributed by atoms with van der Waals surface area (Å²) in [5.41, 5.74) is 2.74. The number of hydrogen-bond acceptors (Lipinski definition) is 5. The lowest BCUT2D eigenvalue weighted by molar-refractivity contribution is -0.126. The summed E-state index contributed by atoms with van der Waals surface area (Å²) in [6, 6.07) is 22.8. The summed E-state index contributed by atoms with van der Waals surface area (Å²) in [7, 11) is 0. The van der Waals surface area contributed by atoms with Crippen molar-refractivity contribution in [2.24, 2.45) is 5.92 Å². The maximum Gasteiger partial charge on any atom is 0.266 e. The number of aryl methyl sites for hydroxylation is 1. The zero-order chi connectivity index (χ0) is 20.8. The number of para-hydroxylation sites is 2. The third-order valence-electron chi connectivity index (χ3n) is 5.64. The van der Waals surface area contributed by atoms with Crippen molar-refractivity contribution in [3.8, 4) is 5.75 Å². The highest BCUT2D eigenvalue weighted by atomic mass is 16.7. The Labute approximate surface area is 173 Å². The van der Waals surface area contributed by atoms with Gasteiger partial charge in [0.1, 0.15) is 11.7 Å². The molecule has 30 heavy (non-hydrogen) atoms. The first-order chi connectivity index (χ1) is 14.6. The number of benzene rings is 3. The maximum absolute atomic E-state index is 13.5. The number of carbonyl (C=O) groups is 2. The fraction of sp³-hybridized carbons (Fsp3) is 0.167. The fourth-order valence-electron chi connectivity index (χ4n) is 4.29. The maximum atomic E-state index is 13.5. The number of fused-ring (bicyclic) bond motifs is 1. The lowest BCUT2D eigenvalue weighted by Crippen LogP contribution is -2.37. The lowest BCUT2D eigenvalue weighted by Gasteiger charge is -2.29. The van der Waals surface area contributed by atoms with Crippen molar-refractivity contribution in [1.82, 2.24) is 0 Å². The molecule has 3 aromatic rings. The highest BCUT2D eigenvalue weighted by molar-refractivity contribution is 6.24. The molecule has 6 heteroatoms. The molecule has 3 aromatic carbocycles. The van der Waals surface area contributed by atoms with Crippen molar-refractivity contribution in [1.29, 1.82) is 0 Å². The molecule has 0 aromatic heterocycles. The molecule has 0 spiro atoms. The van der Waals surface area contributed by atoms with Gasteiger partial charge in [0.25, 0.3) is 5.91 Å². The molecule has 0 bridgehead atoms.